The lowest BCUT2D eigenvalue weighted by atomic mass is 9.98. The summed E-state index contributed by atoms with van der Waals surface area (Å²) in [5.41, 5.74) is 0. The van der Waals surface area contributed by atoms with E-state index in [4.69, 9.17) is 0 Å². The van der Waals surface area contributed by atoms with Crippen LogP contribution in [0.3, 0.4) is 0 Å². The molecule has 1 aromatic rings. The molecular weight excluding hydrogens is 277 g/mol. The Bertz CT molecular complexity index is 447. The molecular formula is C11H15F3N4S. The van der Waals surface area contributed by atoms with E-state index >= 15 is 0 Å². The van der Waals surface area contributed by atoms with Crippen molar-refractivity contribution < 1.29 is 13.2 Å². The van der Waals surface area contributed by atoms with Crippen LogP contribution in [-0.4, -0.2) is 40.3 Å². The molecule has 2 unspecified atom stereocenters. The predicted molar refractivity (Wildman–Crippen MR) is 66.2 cm³/mol. The van der Waals surface area contributed by atoms with Crippen molar-refractivity contribution in [2.45, 2.75) is 43.9 Å². The second-order valence-electron chi connectivity index (χ2n) is 5.11. The molecule has 0 amide bonds. The fraction of sp³-hybridized carbons (Fsp3) is 0.818. The number of halogens is 3. The second kappa shape index (κ2) is 4.90. The van der Waals surface area contributed by atoms with Crippen molar-refractivity contribution >= 4 is 16.5 Å². The van der Waals surface area contributed by atoms with Gasteiger partial charge in [-0.3, -0.25) is 0 Å². The highest BCUT2D eigenvalue weighted by Crippen LogP contribution is 2.34. The third-order valence-corrected chi connectivity index (χ3v) is 4.71. The molecule has 3 rings (SSSR count). The van der Waals surface area contributed by atoms with Gasteiger partial charge in [-0.2, -0.15) is 13.2 Å². The van der Waals surface area contributed by atoms with Gasteiger partial charge in [0.1, 0.15) is 0 Å². The minimum absolute atomic E-state index is 0.216. The summed E-state index contributed by atoms with van der Waals surface area (Å²) in [6.45, 7) is 2.18. The monoisotopic (exact) mass is 292 g/mol. The number of nitrogens with zero attached hydrogens (tertiary/aromatic N) is 3. The zero-order chi connectivity index (χ0) is 13.5. The van der Waals surface area contributed by atoms with Crippen molar-refractivity contribution in [2.75, 3.05) is 18.4 Å². The van der Waals surface area contributed by atoms with Gasteiger partial charge in [0, 0.05) is 18.6 Å². The normalized spacial score (nSPS) is 28.4. The molecule has 8 heteroatoms. The molecule has 0 spiro atoms. The number of anilines is 1. The summed E-state index contributed by atoms with van der Waals surface area (Å²) < 4.78 is 37.3. The summed E-state index contributed by atoms with van der Waals surface area (Å²) in [4.78, 5) is 2.47. The third kappa shape index (κ3) is 2.84. The van der Waals surface area contributed by atoms with Gasteiger partial charge >= 0.3 is 6.18 Å². The van der Waals surface area contributed by atoms with E-state index < -0.39 is 11.2 Å². The van der Waals surface area contributed by atoms with Gasteiger partial charge in [-0.25, -0.2) is 0 Å². The minimum atomic E-state index is -4.40. The zero-order valence-electron chi connectivity index (χ0n) is 10.3. The van der Waals surface area contributed by atoms with Crippen molar-refractivity contribution in [3.05, 3.63) is 5.01 Å². The molecule has 0 bridgehead atoms. The van der Waals surface area contributed by atoms with Gasteiger partial charge in [-0.05, 0) is 32.2 Å². The summed E-state index contributed by atoms with van der Waals surface area (Å²) in [6.07, 6.45) is -0.0265. The highest BCUT2D eigenvalue weighted by molar-refractivity contribution is 7.15. The van der Waals surface area contributed by atoms with E-state index in [1.807, 2.05) is 0 Å². The molecule has 1 N–H and O–H groups in total. The summed E-state index contributed by atoms with van der Waals surface area (Å²) in [5.74, 6) is 0. The van der Waals surface area contributed by atoms with E-state index in [0.29, 0.717) is 17.4 Å². The second-order valence-corrected chi connectivity index (χ2v) is 6.09. The lowest BCUT2D eigenvalue weighted by Gasteiger charge is -2.34. The summed E-state index contributed by atoms with van der Waals surface area (Å²) >= 11 is 0.587. The first kappa shape index (κ1) is 13.1. The Morgan fingerprint density at radius 2 is 2.05 bits per heavy atom. The Hall–Kier alpha value is -0.890. The van der Waals surface area contributed by atoms with Crippen molar-refractivity contribution in [2.24, 2.45) is 0 Å². The first-order valence-corrected chi connectivity index (χ1v) is 7.25. The quantitative estimate of drug-likeness (QED) is 0.909. The molecule has 3 heterocycles. The van der Waals surface area contributed by atoms with Crippen LogP contribution in [0.25, 0.3) is 0 Å². The molecule has 2 atom stereocenters. The number of rotatable bonds is 2. The Labute approximate surface area is 113 Å². The van der Waals surface area contributed by atoms with E-state index in [0.717, 1.165) is 25.9 Å². The molecule has 0 aliphatic carbocycles. The van der Waals surface area contributed by atoms with E-state index in [1.54, 1.807) is 0 Å². The van der Waals surface area contributed by atoms with E-state index in [9.17, 15) is 13.2 Å². The fourth-order valence-corrected chi connectivity index (χ4v) is 3.61. The van der Waals surface area contributed by atoms with Gasteiger partial charge in [-0.1, -0.05) is 11.3 Å². The molecule has 2 aliphatic rings. The molecule has 0 radical (unpaired) electrons. The number of hydrogen-bond donors (Lipinski definition) is 1. The maximum absolute atomic E-state index is 12.4. The van der Waals surface area contributed by atoms with Crippen LogP contribution in [0, 0.1) is 0 Å². The number of hydrogen-bond acceptors (Lipinski definition) is 5. The molecule has 0 saturated carbocycles. The van der Waals surface area contributed by atoms with Gasteiger partial charge in [0.15, 0.2) is 0 Å². The number of piperidine rings is 1. The van der Waals surface area contributed by atoms with E-state index in [1.165, 1.54) is 12.8 Å². The van der Waals surface area contributed by atoms with Gasteiger partial charge < -0.3 is 10.2 Å². The maximum Gasteiger partial charge on any atom is 0.445 e. The van der Waals surface area contributed by atoms with Crippen LogP contribution in [0.4, 0.5) is 18.3 Å². The van der Waals surface area contributed by atoms with Crippen LogP contribution >= 0.6 is 11.3 Å². The first-order chi connectivity index (χ1) is 9.02. The van der Waals surface area contributed by atoms with Gasteiger partial charge in [0.25, 0.3) is 0 Å². The Morgan fingerprint density at radius 3 is 2.79 bits per heavy atom. The minimum Gasteiger partial charge on any atom is -0.357 e. The van der Waals surface area contributed by atoms with Crippen molar-refractivity contribution in [3.8, 4) is 0 Å². The third-order valence-electron chi connectivity index (χ3n) is 3.82. The molecule has 2 aliphatic heterocycles. The average Bonchev–Trinajstić information content (AvgIpc) is 2.95. The largest absolute Gasteiger partial charge is 0.445 e. The van der Waals surface area contributed by atoms with Gasteiger partial charge in [-0.15, -0.1) is 10.2 Å². The fourth-order valence-electron chi connectivity index (χ4n) is 2.93. The van der Waals surface area contributed by atoms with Crippen LogP contribution in [-0.2, 0) is 6.18 Å². The van der Waals surface area contributed by atoms with Crippen molar-refractivity contribution in [1.29, 1.82) is 0 Å². The highest BCUT2D eigenvalue weighted by atomic mass is 32.1. The topological polar surface area (TPSA) is 41.1 Å². The van der Waals surface area contributed by atoms with Crippen LogP contribution < -0.4 is 5.32 Å². The number of fused-ring (bicyclic) bond motifs is 1. The Morgan fingerprint density at radius 1 is 1.21 bits per heavy atom. The maximum atomic E-state index is 12.4. The molecule has 2 fully saturated rings. The molecule has 0 aromatic carbocycles. The average molecular weight is 292 g/mol. The number of alkyl halides is 3. The smallest absolute Gasteiger partial charge is 0.357 e. The first-order valence-electron chi connectivity index (χ1n) is 6.43. The summed E-state index contributed by atoms with van der Waals surface area (Å²) in [5, 5.41) is 9.28. The molecule has 1 aromatic heterocycles. The van der Waals surface area contributed by atoms with Crippen LogP contribution in [0.1, 0.15) is 30.7 Å². The Kier molecular flexibility index (Phi) is 3.38. The van der Waals surface area contributed by atoms with Crippen LogP contribution in [0.15, 0.2) is 0 Å². The molecule has 4 nitrogen and oxygen atoms in total. The Balaban J connectivity index is 1.61. The van der Waals surface area contributed by atoms with Crippen molar-refractivity contribution in [3.63, 3.8) is 0 Å². The van der Waals surface area contributed by atoms with E-state index in [2.05, 4.69) is 20.4 Å². The van der Waals surface area contributed by atoms with Gasteiger partial charge in [0.05, 0.1) is 0 Å². The zero-order valence-corrected chi connectivity index (χ0v) is 11.1. The number of aromatic nitrogens is 2. The highest BCUT2D eigenvalue weighted by Gasteiger charge is 2.36. The molecule has 2 saturated heterocycles. The van der Waals surface area contributed by atoms with Crippen LogP contribution in [0.2, 0.25) is 0 Å². The molecule has 19 heavy (non-hydrogen) atoms. The lowest BCUT2D eigenvalue weighted by molar-refractivity contribution is -0.138. The van der Waals surface area contributed by atoms with Crippen LogP contribution in [0.5, 0.6) is 0 Å². The molecule has 106 valence electrons. The summed E-state index contributed by atoms with van der Waals surface area (Å²) in [6, 6.07) is 0.801. The SMILES string of the molecule is FC(F)(F)c1nnc(NC2CCN3CCCC3C2)s1. The lowest BCUT2D eigenvalue weighted by Crippen LogP contribution is -2.42. The number of nitrogens with one attached hydrogen (secondary N) is 1. The predicted octanol–water partition coefficient (Wildman–Crippen LogP) is 2.60. The van der Waals surface area contributed by atoms with E-state index in [-0.39, 0.29) is 11.2 Å². The van der Waals surface area contributed by atoms with Crippen molar-refractivity contribution in [1.82, 2.24) is 15.1 Å². The summed E-state index contributed by atoms with van der Waals surface area (Å²) in [7, 11) is 0. The standard InChI is InChI=1S/C11H15F3N4S/c12-11(13,14)9-16-17-10(19-9)15-7-3-5-18-4-1-2-8(18)6-7/h7-8H,1-6H2,(H,15,17). The van der Waals surface area contributed by atoms with Gasteiger partial charge in [0.2, 0.25) is 10.1 Å².